The molecule has 0 radical (unpaired) electrons. The minimum Gasteiger partial charge on any atom is -0.393 e. The van der Waals surface area contributed by atoms with Crippen LogP contribution in [0, 0.1) is 11.8 Å². The number of piperazine rings is 1. The fourth-order valence-corrected chi connectivity index (χ4v) is 2.96. The van der Waals surface area contributed by atoms with Gasteiger partial charge >= 0.3 is 6.03 Å². The van der Waals surface area contributed by atoms with Crippen LogP contribution in [0.1, 0.15) is 13.8 Å². The van der Waals surface area contributed by atoms with Gasteiger partial charge in [0.1, 0.15) is 0 Å². The molecule has 0 aliphatic carbocycles. The van der Waals surface area contributed by atoms with E-state index in [4.69, 9.17) is 5.73 Å². The summed E-state index contributed by atoms with van der Waals surface area (Å²) in [5, 5.41) is 12.3. The van der Waals surface area contributed by atoms with E-state index in [0.717, 1.165) is 0 Å². The number of β-lactam (4-membered cyclic amide) rings is 1. The van der Waals surface area contributed by atoms with E-state index in [2.05, 4.69) is 5.32 Å². The second-order valence-electron chi connectivity index (χ2n) is 5.74. The summed E-state index contributed by atoms with van der Waals surface area (Å²) in [5.74, 6) is -1.22. The Morgan fingerprint density at radius 3 is 2.19 bits per heavy atom. The summed E-state index contributed by atoms with van der Waals surface area (Å²) in [6, 6.07) is -0.810. The van der Waals surface area contributed by atoms with Gasteiger partial charge in [0, 0.05) is 26.2 Å². The van der Waals surface area contributed by atoms with Gasteiger partial charge in [-0.3, -0.25) is 9.59 Å². The van der Waals surface area contributed by atoms with Crippen molar-refractivity contribution in [3.05, 3.63) is 0 Å². The van der Waals surface area contributed by atoms with E-state index in [1.165, 1.54) is 4.90 Å². The second kappa shape index (κ2) is 5.88. The molecule has 0 unspecified atom stereocenters. The van der Waals surface area contributed by atoms with Crippen molar-refractivity contribution in [2.24, 2.45) is 17.6 Å². The lowest BCUT2D eigenvalue weighted by Crippen LogP contribution is -2.66. The Morgan fingerprint density at radius 2 is 1.76 bits per heavy atom. The third-order valence-electron chi connectivity index (χ3n) is 4.35. The molecule has 2 heterocycles. The first kappa shape index (κ1) is 15.6. The molecule has 4 amide bonds. The van der Waals surface area contributed by atoms with Crippen LogP contribution in [0.4, 0.5) is 4.79 Å². The zero-order valence-corrected chi connectivity index (χ0v) is 12.3. The molecule has 8 nitrogen and oxygen atoms in total. The van der Waals surface area contributed by atoms with E-state index in [9.17, 15) is 19.5 Å². The van der Waals surface area contributed by atoms with Crippen molar-refractivity contribution < 1.29 is 19.5 Å². The first-order chi connectivity index (χ1) is 9.82. The molecule has 2 aliphatic heterocycles. The lowest BCUT2D eigenvalue weighted by Gasteiger charge is -2.43. The van der Waals surface area contributed by atoms with Gasteiger partial charge in [0.15, 0.2) is 0 Å². The number of amides is 4. The fourth-order valence-electron chi connectivity index (χ4n) is 2.96. The lowest BCUT2D eigenvalue weighted by molar-refractivity contribution is -0.149. The number of carbonyl (C=O) groups excluding carboxylic acids is 3. The molecule has 0 bridgehead atoms. The quantitative estimate of drug-likeness (QED) is 0.541. The summed E-state index contributed by atoms with van der Waals surface area (Å²) in [7, 11) is 0. The Bertz CT molecular complexity index is 445. The van der Waals surface area contributed by atoms with Gasteiger partial charge in [0.2, 0.25) is 11.8 Å². The Kier molecular flexibility index (Phi) is 4.36. The van der Waals surface area contributed by atoms with E-state index in [0.29, 0.717) is 26.2 Å². The topological polar surface area (TPSA) is 116 Å². The van der Waals surface area contributed by atoms with Gasteiger partial charge in [-0.05, 0) is 6.92 Å². The van der Waals surface area contributed by atoms with Crippen LogP contribution >= 0.6 is 0 Å². The third-order valence-corrected chi connectivity index (χ3v) is 4.35. The molecule has 8 heteroatoms. The second-order valence-corrected chi connectivity index (χ2v) is 5.74. The summed E-state index contributed by atoms with van der Waals surface area (Å²) in [4.78, 5) is 38.1. The molecule has 0 aromatic carbocycles. The number of carbonyl (C=O) groups is 3. The molecular formula is C13H22N4O4. The summed E-state index contributed by atoms with van der Waals surface area (Å²) >= 11 is 0. The smallest absolute Gasteiger partial charge is 0.314 e. The van der Waals surface area contributed by atoms with Gasteiger partial charge in [-0.25, -0.2) is 4.79 Å². The van der Waals surface area contributed by atoms with E-state index in [-0.39, 0.29) is 17.9 Å². The molecule has 0 spiro atoms. The van der Waals surface area contributed by atoms with E-state index < -0.39 is 24.0 Å². The van der Waals surface area contributed by atoms with Crippen LogP contribution < -0.4 is 11.1 Å². The molecule has 118 valence electrons. The third kappa shape index (κ3) is 2.94. The predicted octanol–water partition coefficient (Wildman–Crippen LogP) is -1.66. The molecule has 0 saturated carbocycles. The highest BCUT2D eigenvalue weighted by atomic mass is 16.3. The van der Waals surface area contributed by atoms with Gasteiger partial charge in [0.05, 0.1) is 24.0 Å². The van der Waals surface area contributed by atoms with Crippen LogP contribution in [0.25, 0.3) is 0 Å². The van der Waals surface area contributed by atoms with Crippen molar-refractivity contribution in [1.29, 1.82) is 0 Å². The van der Waals surface area contributed by atoms with Crippen molar-refractivity contribution in [2.75, 3.05) is 26.2 Å². The minimum absolute atomic E-state index is 0.0743. The standard InChI is InChI=1S/C13H22N4O4/c1-7(10-9(8(2)18)11(19)15-10)12(20)16-3-5-17(6-4-16)13(14)21/h7-10,18H,3-6H2,1-2H3,(H2,14,21)(H,15,19)/t7-,8-,9-,10-/m1/s1. The monoisotopic (exact) mass is 298 g/mol. The summed E-state index contributed by atoms with van der Waals surface area (Å²) < 4.78 is 0. The molecular weight excluding hydrogens is 276 g/mol. The Labute approximate surface area is 123 Å². The first-order valence-electron chi connectivity index (χ1n) is 7.14. The number of primary amides is 1. The fraction of sp³-hybridized carbons (Fsp3) is 0.769. The number of rotatable bonds is 3. The molecule has 0 aromatic heterocycles. The number of hydrogen-bond donors (Lipinski definition) is 3. The number of nitrogens with one attached hydrogen (secondary N) is 1. The van der Waals surface area contributed by atoms with Gasteiger partial charge in [0.25, 0.3) is 0 Å². The molecule has 2 rings (SSSR count). The summed E-state index contributed by atoms with van der Waals surface area (Å²) in [6.07, 6.45) is -0.772. The highest BCUT2D eigenvalue weighted by Crippen LogP contribution is 2.27. The molecule has 0 aromatic rings. The van der Waals surface area contributed by atoms with Crippen LogP contribution in [0.2, 0.25) is 0 Å². The average Bonchev–Trinajstić information content (AvgIpc) is 2.42. The number of nitrogens with two attached hydrogens (primary N) is 1. The Hall–Kier alpha value is -1.83. The largest absolute Gasteiger partial charge is 0.393 e. The molecule has 2 fully saturated rings. The van der Waals surface area contributed by atoms with E-state index >= 15 is 0 Å². The molecule has 2 aliphatic rings. The van der Waals surface area contributed by atoms with Crippen LogP contribution in [0.3, 0.4) is 0 Å². The Balaban J connectivity index is 1.92. The summed E-state index contributed by atoms with van der Waals surface area (Å²) in [6.45, 7) is 5.02. The highest BCUT2D eigenvalue weighted by Gasteiger charge is 2.47. The van der Waals surface area contributed by atoms with Crippen molar-refractivity contribution >= 4 is 17.8 Å². The number of hydrogen-bond acceptors (Lipinski definition) is 4. The molecule has 4 N–H and O–H groups in total. The Morgan fingerprint density at radius 1 is 1.24 bits per heavy atom. The number of aliphatic hydroxyl groups excluding tert-OH is 1. The first-order valence-corrected chi connectivity index (χ1v) is 7.14. The maximum atomic E-state index is 12.4. The van der Waals surface area contributed by atoms with Crippen LogP contribution in [-0.4, -0.2) is 71.1 Å². The number of urea groups is 1. The van der Waals surface area contributed by atoms with Gasteiger partial charge in [-0.2, -0.15) is 0 Å². The highest BCUT2D eigenvalue weighted by molar-refractivity contribution is 5.90. The molecule has 2 saturated heterocycles. The minimum atomic E-state index is -0.772. The average molecular weight is 298 g/mol. The molecule has 4 atom stereocenters. The predicted molar refractivity (Wildman–Crippen MR) is 74.0 cm³/mol. The molecule has 21 heavy (non-hydrogen) atoms. The van der Waals surface area contributed by atoms with Crippen LogP contribution in [0.15, 0.2) is 0 Å². The van der Waals surface area contributed by atoms with E-state index in [1.807, 2.05) is 0 Å². The van der Waals surface area contributed by atoms with Crippen molar-refractivity contribution in [3.63, 3.8) is 0 Å². The SMILES string of the molecule is C[C@@H](O)[C@H]1C(=O)N[C@@H]1[C@@H](C)C(=O)N1CCN(C(N)=O)CC1. The van der Waals surface area contributed by atoms with Crippen LogP contribution in [0.5, 0.6) is 0 Å². The summed E-state index contributed by atoms with van der Waals surface area (Å²) in [5.41, 5.74) is 5.20. The van der Waals surface area contributed by atoms with Crippen molar-refractivity contribution in [3.8, 4) is 0 Å². The number of nitrogens with zero attached hydrogens (tertiary/aromatic N) is 2. The van der Waals surface area contributed by atoms with E-state index in [1.54, 1.807) is 18.7 Å². The lowest BCUT2D eigenvalue weighted by atomic mass is 9.78. The van der Waals surface area contributed by atoms with Gasteiger partial charge in [-0.1, -0.05) is 6.92 Å². The normalized spacial score (nSPS) is 28.4. The zero-order chi connectivity index (χ0) is 15.7. The van der Waals surface area contributed by atoms with Gasteiger partial charge in [-0.15, -0.1) is 0 Å². The van der Waals surface area contributed by atoms with Crippen molar-refractivity contribution in [1.82, 2.24) is 15.1 Å². The van der Waals surface area contributed by atoms with Gasteiger partial charge < -0.3 is 26.0 Å². The number of aliphatic hydroxyl groups is 1. The maximum Gasteiger partial charge on any atom is 0.314 e. The zero-order valence-electron chi connectivity index (χ0n) is 12.3. The van der Waals surface area contributed by atoms with Crippen molar-refractivity contribution in [2.45, 2.75) is 26.0 Å². The maximum absolute atomic E-state index is 12.4. The van der Waals surface area contributed by atoms with Crippen LogP contribution in [-0.2, 0) is 9.59 Å².